The molecule has 0 saturated carbocycles. The molecule has 0 spiro atoms. The van der Waals surface area contributed by atoms with Gasteiger partial charge >= 0.3 is 12.1 Å². The Bertz CT molecular complexity index is 987. The van der Waals surface area contributed by atoms with Crippen molar-refractivity contribution in [2.24, 2.45) is 0 Å². The van der Waals surface area contributed by atoms with Gasteiger partial charge in [0.1, 0.15) is 12.6 Å². The number of amides is 2. The van der Waals surface area contributed by atoms with Crippen molar-refractivity contribution < 1.29 is 37.7 Å². The monoisotopic (exact) mass is 476 g/mol. The Kier molecular flexibility index (Phi) is 8.53. The molecule has 34 heavy (non-hydrogen) atoms. The van der Waals surface area contributed by atoms with Crippen LogP contribution in [-0.4, -0.2) is 61.9 Å². The van der Waals surface area contributed by atoms with Crippen LogP contribution in [-0.2, 0) is 19.1 Å². The maximum Gasteiger partial charge on any atom is 0.407 e. The Morgan fingerprint density at radius 2 is 1.59 bits per heavy atom. The molecule has 2 aromatic rings. The molecule has 0 aliphatic heterocycles. The number of nitrogens with one attached hydrogen (secondary N) is 2. The predicted octanol–water partition coefficient (Wildman–Crippen LogP) is 3.15. The minimum Gasteiger partial charge on any atom is -0.481 e. The van der Waals surface area contributed by atoms with E-state index in [0.29, 0.717) is 0 Å². The maximum absolute atomic E-state index is 13.4. The summed E-state index contributed by atoms with van der Waals surface area (Å²) in [5, 5.41) is 13.2. The average molecular weight is 476 g/mol. The fraction of sp³-hybridized carbons (Fsp3) is 0.375. The summed E-state index contributed by atoms with van der Waals surface area (Å²) < 4.78 is 37.1. The van der Waals surface area contributed by atoms with Gasteiger partial charge in [0.15, 0.2) is 0 Å². The molecule has 2 atom stereocenters. The smallest absolute Gasteiger partial charge is 0.407 e. The summed E-state index contributed by atoms with van der Waals surface area (Å²) in [5.41, 5.74) is 4.03. The van der Waals surface area contributed by atoms with Gasteiger partial charge in [-0.05, 0) is 22.3 Å². The van der Waals surface area contributed by atoms with E-state index >= 15 is 0 Å². The van der Waals surface area contributed by atoms with Crippen molar-refractivity contribution in [3.05, 3.63) is 59.7 Å². The molecule has 0 aromatic heterocycles. The summed E-state index contributed by atoms with van der Waals surface area (Å²) in [6, 6.07) is 13.7. The number of carbonyl (C=O) groups excluding carboxylic acids is 2. The number of benzene rings is 2. The second-order valence-corrected chi connectivity index (χ2v) is 7.87. The molecule has 2 unspecified atom stereocenters. The minimum atomic E-state index is -3.01. The van der Waals surface area contributed by atoms with E-state index in [1.165, 1.54) is 7.11 Å². The van der Waals surface area contributed by atoms with Gasteiger partial charge in [-0.15, -0.1) is 0 Å². The van der Waals surface area contributed by atoms with Gasteiger partial charge in [-0.25, -0.2) is 13.6 Å². The van der Waals surface area contributed by atoms with Crippen molar-refractivity contribution >= 4 is 18.0 Å². The molecule has 1 aliphatic carbocycles. The van der Waals surface area contributed by atoms with Gasteiger partial charge in [0.25, 0.3) is 6.43 Å². The molecule has 182 valence electrons. The van der Waals surface area contributed by atoms with E-state index in [2.05, 4.69) is 10.6 Å². The fourth-order valence-corrected chi connectivity index (χ4v) is 3.93. The third-order valence-electron chi connectivity index (χ3n) is 5.62. The first-order chi connectivity index (χ1) is 16.3. The van der Waals surface area contributed by atoms with E-state index in [-0.39, 0.29) is 25.5 Å². The first-order valence-corrected chi connectivity index (χ1v) is 10.7. The van der Waals surface area contributed by atoms with Crippen molar-refractivity contribution in [1.29, 1.82) is 0 Å². The number of alkyl halides is 2. The third-order valence-corrected chi connectivity index (χ3v) is 5.62. The lowest BCUT2D eigenvalue weighted by Crippen LogP contribution is -2.45. The number of alkyl carbamates (subject to hydrolysis) is 1. The van der Waals surface area contributed by atoms with Crippen LogP contribution in [0.25, 0.3) is 11.1 Å². The van der Waals surface area contributed by atoms with Crippen molar-refractivity contribution in [3.8, 4) is 11.1 Å². The summed E-state index contributed by atoms with van der Waals surface area (Å²) in [6.07, 6.45) is -5.93. The number of hydrogen-bond donors (Lipinski definition) is 3. The van der Waals surface area contributed by atoms with Gasteiger partial charge in [-0.3, -0.25) is 9.59 Å². The molecule has 0 fully saturated rings. The minimum absolute atomic E-state index is 0.0489. The zero-order valence-corrected chi connectivity index (χ0v) is 18.5. The van der Waals surface area contributed by atoms with E-state index in [9.17, 15) is 23.2 Å². The van der Waals surface area contributed by atoms with E-state index in [1.807, 2.05) is 48.5 Å². The Balaban J connectivity index is 1.54. The Morgan fingerprint density at radius 3 is 2.12 bits per heavy atom. The zero-order chi connectivity index (χ0) is 24.7. The molecule has 10 heteroatoms. The highest BCUT2D eigenvalue weighted by Crippen LogP contribution is 2.44. The van der Waals surface area contributed by atoms with Gasteiger partial charge in [-0.1, -0.05) is 48.5 Å². The maximum atomic E-state index is 13.4. The van der Waals surface area contributed by atoms with Crippen LogP contribution in [0.4, 0.5) is 13.6 Å². The molecule has 0 bridgehead atoms. The van der Waals surface area contributed by atoms with Gasteiger partial charge in [0.05, 0.1) is 18.9 Å². The SMILES string of the molecule is COC(CNC(=O)CC(NC(=O)OCC1c2ccccc2-c2ccccc21)C(F)F)CC(=O)O. The lowest BCUT2D eigenvalue weighted by atomic mass is 9.98. The van der Waals surface area contributed by atoms with E-state index < -0.39 is 43.0 Å². The fourth-order valence-electron chi connectivity index (χ4n) is 3.93. The molecule has 3 N–H and O–H groups in total. The average Bonchev–Trinajstić information content (AvgIpc) is 3.13. The first-order valence-electron chi connectivity index (χ1n) is 10.7. The number of methoxy groups -OCH3 is 1. The molecular formula is C24H26F2N2O6. The molecule has 1 aliphatic rings. The molecular weight excluding hydrogens is 450 g/mol. The third kappa shape index (κ3) is 6.28. The zero-order valence-electron chi connectivity index (χ0n) is 18.5. The molecule has 0 heterocycles. The molecule has 8 nitrogen and oxygen atoms in total. The van der Waals surface area contributed by atoms with Crippen molar-refractivity contribution in [2.45, 2.75) is 37.3 Å². The summed E-state index contributed by atoms with van der Waals surface area (Å²) in [6.45, 7) is -0.213. The predicted molar refractivity (Wildman–Crippen MR) is 119 cm³/mol. The molecule has 2 amide bonds. The van der Waals surface area contributed by atoms with Crippen LogP contribution in [0.3, 0.4) is 0 Å². The highest BCUT2D eigenvalue weighted by atomic mass is 19.3. The highest BCUT2D eigenvalue weighted by molar-refractivity contribution is 5.79. The van der Waals surface area contributed by atoms with Crippen LogP contribution in [0.2, 0.25) is 0 Å². The number of aliphatic carboxylic acids is 1. The van der Waals surface area contributed by atoms with Crippen LogP contribution < -0.4 is 10.6 Å². The molecule has 0 radical (unpaired) electrons. The van der Waals surface area contributed by atoms with Gasteiger partial charge in [-0.2, -0.15) is 0 Å². The highest BCUT2D eigenvalue weighted by Gasteiger charge is 2.30. The number of ether oxygens (including phenoxy) is 2. The van der Waals surface area contributed by atoms with Crippen molar-refractivity contribution in [2.75, 3.05) is 20.3 Å². The quantitative estimate of drug-likeness (QED) is 0.459. The second kappa shape index (κ2) is 11.6. The largest absolute Gasteiger partial charge is 0.481 e. The number of hydrogen-bond acceptors (Lipinski definition) is 5. The molecule has 0 saturated heterocycles. The lowest BCUT2D eigenvalue weighted by Gasteiger charge is -2.20. The second-order valence-electron chi connectivity index (χ2n) is 7.87. The summed E-state index contributed by atoms with van der Waals surface area (Å²) >= 11 is 0. The Morgan fingerprint density at radius 1 is 1.00 bits per heavy atom. The number of halogens is 2. The van der Waals surface area contributed by atoms with E-state index in [4.69, 9.17) is 14.6 Å². The summed E-state index contributed by atoms with van der Waals surface area (Å²) in [4.78, 5) is 35.1. The summed E-state index contributed by atoms with van der Waals surface area (Å²) in [5.74, 6) is -2.13. The van der Waals surface area contributed by atoms with Crippen LogP contribution in [0, 0.1) is 0 Å². The van der Waals surface area contributed by atoms with E-state index in [0.717, 1.165) is 22.3 Å². The molecule has 3 rings (SSSR count). The number of carbonyl (C=O) groups is 3. The lowest BCUT2D eigenvalue weighted by molar-refractivity contribution is -0.140. The Hall–Kier alpha value is -3.53. The number of fused-ring (bicyclic) bond motifs is 3. The standard InChI is InChI=1S/C24H26F2N2O6/c1-33-14(10-22(30)31)12-27-21(29)11-20(23(25)26)28-24(32)34-13-19-17-8-4-2-6-15(17)16-7-3-5-9-18(16)19/h2-9,14,19-20,23H,10-13H2,1H3,(H,27,29)(H,28,32)(H,30,31). The van der Waals surface area contributed by atoms with E-state index in [1.54, 1.807) is 0 Å². The van der Waals surface area contributed by atoms with Crippen LogP contribution in [0.15, 0.2) is 48.5 Å². The Labute approximate surface area is 195 Å². The van der Waals surface area contributed by atoms with Crippen LogP contribution >= 0.6 is 0 Å². The van der Waals surface area contributed by atoms with Crippen molar-refractivity contribution in [1.82, 2.24) is 10.6 Å². The first kappa shape index (κ1) is 25.1. The van der Waals surface area contributed by atoms with Crippen LogP contribution in [0.5, 0.6) is 0 Å². The van der Waals surface area contributed by atoms with Crippen LogP contribution in [0.1, 0.15) is 29.9 Å². The number of rotatable bonds is 11. The van der Waals surface area contributed by atoms with Crippen molar-refractivity contribution in [3.63, 3.8) is 0 Å². The molecule has 2 aromatic carbocycles. The van der Waals surface area contributed by atoms with Gasteiger partial charge < -0.3 is 25.2 Å². The number of carboxylic acids is 1. The normalized spacial score (nSPS) is 14.1. The van der Waals surface area contributed by atoms with Gasteiger partial charge in [0.2, 0.25) is 5.91 Å². The number of carboxylic acid groups (broad SMARTS) is 1. The van der Waals surface area contributed by atoms with Gasteiger partial charge in [0, 0.05) is 19.6 Å². The summed E-state index contributed by atoms with van der Waals surface area (Å²) in [7, 11) is 1.28. The topological polar surface area (TPSA) is 114 Å².